The molecule has 7 nitrogen and oxygen atoms in total. The van der Waals surface area contributed by atoms with Crippen LogP contribution in [0, 0.1) is 0 Å². The molecule has 2 aromatic carbocycles. The molecule has 2 aromatic rings. The molecule has 0 bridgehead atoms. The predicted octanol–water partition coefficient (Wildman–Crippen LogP) is 3.59. The van der Waals surface area contributed by atoms with E-state index in [4.69, 9.17) is 18.9 Å². The van der Waals surface area contributed by atoms with Gasteiger partial charge in [0.15, 0.2) is 23.0 Å². The SMILES string of the molecule is COc1ccc(C=CC(=O)N2CCCC(Nc3ccc4c(c3)OCCO4)C2)cc1OC. The van der Waals surface area contributed by atoms with Gasteiger partial charge in [-0.05, 0) is 48.7 Å². The van der Waals surface area contributed by atoms with E-state index in [0.717, 1.165) is 42.1 Å². The fourth-order valence-corrected chi connectivity index (χ4v) is 3.89. The van der Waals surface area contributed by atoms with Crippen molar-refractivity contribution in [1.29, 1.82) is 0 Å². The van der Waals surface area contributed by atoms with Gasteiger partial charge < -0.3 is 29.2 Å². The van der Waals surface area contributed by atoms with E-state index >= 15 is 0 Å². The van der Waals surface area contributed by atoms with Crippen LogP contribution in [-0.4, -0.2) is 57.4 Å². The van der Waals surface area contributed by atoms with Crippen molar-refractivity contribution in [2.45, 2.75) is 18.9 Å². The van der Waals surface area contributed by atoms with Crippen molar-refractivity contribution in [2.75, 3.05) is 45.8 Å². The van der Waals surface area contributed by atoms with Gasteiger partial charge in [-0.15, -0.1) is 0 Å². The summed E-state index contributed by atoms with van der Waals surface area (Å²) in [4.78, 5) is 14.6. The molecule has 2 heterocycles. The van der Waals surface area contributed by atoms with Crippen LogP contribution in [0.1, 0.15) is 18.4 Å². The fraction of sp³-hybridized carbons (Fsp3) is 0.375. The van der Waals surface area contributed by atoms with Gasteiger partial charge in [-0.25, -0.2) is 0 Å². The topological polar surface area (TPSA) is 69.3 Å². The summed E-state index contributed by atoms with van der Waals surface area (Å²) in [5, 5.41) is 3.53. The molecule has 0 aromatic heterocycles. The van der Waals surface area contributed by atoms with Gasteiger partial charge in [0.2, 0.25) is 5.91 Å². The van der Waals surface area contributed by atoms with Gasteiger partial charge in [0.1, 0.15) is 13.2 Å². The van der Waals surface area contributed by atoms with Gasteiger partial charge in [0, 0.05) is 37.0 Å². The molecule has 1 unspecified atom stereocenters. The maximum absolute atomic E-state index is 12.8. The third kappa shape index (κ3) is 5.05. The normalized spacial score (nSPS) is 18.0. The standard InChI is InChI=1S/C24H28N2O5/c1-28-20-8-5-17(14-22(20)29-2)6-10-24(27)26-11-3-4-19(16-26)25-18-7-9-21-23(15-18)31-13-12-30-21/h5-10,14-15,19,25H,3-4,11-13,16H2,1-2H3. The van der Waals surface area contributed by atoms with Gasteiger partial charge in [-0.1, -0.05) is 6.07 Å². The van der Waals surface area contributed by atoms with Crippen LogP contribution < -0.4 is 24.3 Å². The molecule has 1 fully saturated rings. The molecule has 1 atom stereocenters. The largest absolute Gasteiger partial charge is 0.493 e. The van der Waals surface area contributed by atoms with Gasteiger partial charge in [0.05, 0.1) is 14.2 Å². The Balaban J connectivity index is 1.37. The van der Waals surface area contributed by atoms with Crippen molar-refractivity contribution in [1.82, 2.24) is 4.90 Å². The van der Waals surface area contributed by atoms with Crippen molar-refractivity contribution >= 4 is 17.7 Å². The van der Waals surface area contributed by atoms with E-state index in [1.54, 1.807) is 20.3 Å². The maximum atomic E-state index is 12.8. The number of benzene rings is 2. The minimum absolute atomic E-state index is 0.00320. The van der Waals surface area contributed by atoms with Gasteiger partial charge in [0.25, 0.3) is 0 Å². The quantitative estimate of drug-likeness (QED) is 0.715. The first kappa shape index (κ1) is 20.9. The highest BCUT2D eigenvalue weighted by molar-refractivity contribution is 5.92. The highest BCUT2D eigenvalue weighted by Gasteiger charge is 2.23. The number of ether oxygens (including phenoxy) is 4. The summed E-state index contributed by atoms with van der Waals surface area (Å²) in [6.07, 6.45) is 5.39. The molecule has 0 aliphatic carbocycles. The summed E-state index contributed by atoms with van der Waals surface area (Å²) in [6.45, 7) is 2.56. The van der Waals surface area contributed by atoms with E-state index in [-0.39, 0.29) is 11.9 Å². The average Bonchev–Trinajstić information content (AvgIpc) is 2.82. The van der Waals surface area contributed by atoms with Crippen LogP contribution in [0.4, 0.5) is 5.69 Å². The molecule has 0 spiro atoms. The zero-order chi connectivity index (χ0) is 21.6. The Kier molecular flexibility index (Phi) is 6.50. The summed E-state index contributed by atoms with van der Waals surface area (Å²) in [5.74, 6) is 2.84. The Morgan fingerprint density at radius 2 is 1.87 bits per heavy atom. The number of carbonyl (C=O) groups is 1. The summed E-state index contributed by atoms with van der Waals surface area (Å²) in [6, 6.07) is 11.6. The number of nitrogens with zero attached hydrogens (tertiary/aromatic N) is 1. The number of hydrogen-bond donors (Lipinski definition) is 1. The summed E-state index contributed by atoms with van der Waals surface area (Å²) in [7, 11) is 3.20. The highest BCUT2D eigenvalue weighted by Crippen LogP contribution is 2.33. The highest BCUT2D eigenvalue weighted by atomic mass is 16.6. The minimum Gasteiger partial charge on any atom is -0.493 e. The van der Waals surface area contributed by atoms with Gasteiger partial charge in [-0.3, -0.25) is 4.79 Å². The van der Waals surface area contributed by atoms with E-state index in [1.807, 2.05) is 47.4 Å². The second kappa shape index (κ2) is 9.64. The lowest BCUT2D eigenvalue weighted by Crippen LogP contribution is -2.44. The molecule has 0 radical (unpaired) electrons. The van der Waals surface area contributed by atoms with Gasteiger partial charge in [-0.2, -0.15) is 0 Å². The minimum atomic E-state index is 0.00320. The van der Waals surface area contributed by atoms with Crippen molar-refractivity contribution in [2.24, 2.45) is 0 Å². The van der Waals surface area contributed by atoms with E-state index in [2.05, 4.69) is 5.32 Å². The van der Waals surface area contributed by atoms with E-state index in [9.17, 15) is 4.79 Å². The number of methoxy groups -OCH3 is 2. The van der Waals surface area contributed by atoms with Crippen LogP contribution in [0.5, 0.6) is 23.0 Å². The average molecular weight is 424 g/mol. The third-order valence-corrected chi connectivity index (χ3v) is 5.47. The van der Waals surface area contributed by atoms with Crippen molar-refractivity contribution < 1.29 is 23.7 Å². The Bertz CT molecular complexity index is 959. The number of hydrogen-bond acceptors (Lipinski definition) is 6. The van der Waals surface area contributed by atoms with Gasteiger partial charge >= 0.3 is 0 Å². The number of amides is 1. The van der Waals surface area contributed by atoms with Crippen molar-refractivity contribution in [3.63, 3.8) is 0 Å². The second-order valence-corrected chi connectivity index (χ2v) is 7.57. The lowest BCUT2D eigenvalue weighted by atomic mass is 10.0. The number of nitrogens with one attached hydrogen (secondary N) is 1. The van der Waals surface area contributed by atoms with Crippen LogP contribution in [0.3, 0.4) is 0 Å². The maximum Gasteiger partial charge on any atom is 0.246 e. The molecule has 7 heteroatoms. The molecular weight excluding hydrogens is 396 g/mol. The van der Waals surface area contributed by atoms with E-state index in [0.29, 0.717) is 31.3 Å². The van der Waals surface area contributed by atoms with Crippen LogP contribution in [0.15, 0.2) is 42.5 Å². The zero-order valence-electron chi connectivity index (χ0n) is 17.9. The smallest absolute Gasteiger partial charge is 0.246 e. The van der Waals surface area contributed by atoms with Crippen LogP contribution in [0.2, 0.25) is 0 Å². The molecule has 2 aliphatic rings. The Hall–Kier alpha value is -3.35. The number of rotatable bonds is 6. The summed E-state index contributed by atoms with van der Waals surface area (Å²) in [5.41, 5.74) is 1.86. The molecule has 1 N–H and O–H groups in total. The van der Waals surface area contributed by atoms with Crippen molar-refractivity contribution in [3.8, 4) is 23.0 Å². The van der Waals surface area contributed by atoms with Crippen LogP contribution >= 0.6 is 0 Å². The van der Waals surface area contributed by atoms with Crippen LogP contribution in [-0.2, 0) is 4.79 Å². The number of piperidine rings is 1. The molecule has 4 rings (SSSR count). The number of anilines is 1. The van der Waals surface area contributed by atoms with E-state index < -0.39 is 0 Å². The third-order valence-electron chi connectivity index (χ3n) is 5.47. The summed E-state index contributed by atoms with van der Waals surface area (Å²) >= 11 is 0. The lowest BCUT2D eigenvalue weighted by molar-refractivity contribution is -0.126. The molecule has 2 aliphatic heterocycles. The first-order chi connectivity index (χ1) is 15.2. The van der Waals surface area contributed by atoms with Crippen molar-refractivity contribution in [3.05, 3.63) is 48.0 Å². The Morgan fingerprint density at radius 3 is 2.68 bits per heavy atom. The number of likely N-dealkylation sites (tertiary alicyclic amines) is 1. The number of fused-ring (bicyclic) bond motifs is 1. The molecule has 31 heavy (non-hydrogen) atoms. The molecule has 0 saturated carbocycles. The first-order valence-electron chi connectivity index (χ1n) is 10.5. The second-order valence-electron chi connectivity index (χ2n) is 7.57. The lowest BCUT2D eigenvalue weighted by Gasteiger charge is -2.33. The molecule has 1 amide bonds. The summed E-state index contributed by atoms with van der Waals surface area (Å²) < 4.78 is 21.8. The monoisotopic (exact) mass is 424 g/mol. The Labute approximate surface area is 182 Å². The van der Waals surface area contributed by atoms with Crippen LogP contribution in [0.25, 0.3) is 6.08 Å². The first-order valence-corrected chi connectivity index (χ1v) is 10.5. The Morgan fingerprint density at radius 1 is 1.06 bits per heavy atom. The number of carbonyl (C=O) groups excluding carboxylic acids is 1. The molecule has 1 saturated heterocycles. The zero-order valence-corrected chi connectivity index (χ0v) is 17.9. The predicted molar refractivity (Wildman–Crippen MR) is 119 cm³/mol. The molecular formula is C24H28N2O5. The fourth-order valence-electron chi connectivity index (χ4n) is 3.89. The molecule has 164 valence electrons. The van der Waals surface area contributed by atoms with E-state index in [1.165, 1.54) is 0 Å².